The van der Waals surface area contributed by atoms with Gasteiger partial charge >= 0.3 is 5.97 Å². The number of fused-ring (bicyclic) bond motifs is 4. The zero-order valence-corrected chi connectivity index (χ0v) is 10.2. The number of rotatable bonds is 1. The Balaban J connectivity index is 1.93. The number of esters is 1. The first kappa shape index (κ1) is 11.5. The first-order chi connectivity index (χ1) is 8.02. The summed E-state index contributed by atoms with van der Waals surface area (Å²) >= 11 is 0. The second-order valence-corrected chi connectivity index (χ2v) is 5.88. The molecule has 0 spiro atoms. The van der Waals surface area contributed by atoms with E-state index in [2.05, 4.69) is 0 Å². The Hall–Kier alpha value is -0.610. The summed E-state index contributed by atoms with van der Waals surface area (Å²) in [5, 5.41) is 20.8. The van der Waals surface area contributed by atoms with Gasteiger partial charge in [-0.2, -0.15) is 0 Å². The van der Waals surface area contributed by atoms with Crippen molar-refractivity contribution in [2.24, 2.45) is 11.8 Å². The minimum absolute atomic E-state index is 0.0563. The molecule has 3 aliphatic carbocycles. The molecule has 0 aromatic carbocycles. The molecule has 3 aliphatic rings. The van der Waals surface area contributed by atoms with Crippen LogP contribution in [0.15, 0.2) is 0 Å². The van der Waals surface area contributed by atoms with Gasteiger partial charge < -0.3 is 14.9 Å². The van der Waals surface area contributed by atoms with E-state index in [1.807, 2.05) is 0 Å². The summed E-state index contributed by atoms with van der Waals surface area (Å²) in [6.07, 6.45) is 4.46. The van der Waals surface area contributed by atoms with Crippen LogP contribution >= 0.6 is 0 Å². The highest BCUT2D eigenvalue weighted by molar-refractivity contribution is 5.67. The van der Waals surface area contributed by atoms with Crippen molar-refractivity contribution in [1.29, 1.82) is 0 Å². The fourth-order valence-corrected chi connectivity index (χ4v) is 4.73. The summed E-state index contributed by atoms with van der Waals surface area (Å²) in [5.74, 6) is -0.381. The third kappa shape index (κ3) is 1.23. The highest BCUT2D eigenvalue weighted by Gasteiger charge is 2.76. The first-order valence-electron chi connectivity index (χ1n) is 6.62. The van der Waals surface area contributed by atoms with Gasteiger partial charge in [0.1, 0.15) is 11.2 Å². The van der Waals surface area contributed by atoms with Crippen molar-refractivity contribution in [3.63, 3.8) is 0 Å². The SMILES string of the molecule is CC(=O)O[C@@]12CCC[C@H]1[C@]1(O)[C@@H]2CCC[C@@H]1O. The van der Waals surface area contributed by atoms with E-state index in [1.165, 1.54) is 6.92 Å². The number of hydrogen-bond acceptors (Lipinski definition) is 4. The molecule has 3 fully saturated rings. The van der Waals surface area contributed by atoms with Gasteiger partial charge in [0.2, 0.25) is 0 Å². The molecule has 17 heavy (non-hydrogen) atoms. The second kappa shape index (κ2) is 3.45. The molecule has 4 heteroatoms. The smallest absolute Gasteiger partial charge is 0.303 e. The van der Waals surface area contributed by atoms with Crippen LogP contribution in [0.5, 0.6) is 0 Å². The van der Waals surface area contributed by atoms with Gasteiger partial charge in [-0.05, 0) is 32.1 Å². The van der Waals surface area contributed by atoms with Gasteiger partial charge in [-0.1, -0.05) is 6.42 Å². The summed E-state index contributed by atoms with van der Waals surface area (Å²) in [5.41, 5.74) is -1.47. The zero-order chi connectivity index (χ0) is 12.3. The molecular formula is C13H20O4. The monoisotopic (exact) mass is 240 g/mol. The average molecular weight is 240 g/mol. The Morgan fingerprint density at radius 3 is 2.53 bits per heavy atom. The van der Waals surface area contributed by atoms with Crippen LogP contribution in [-0.2, 0) is 9.53 Å². The summed E-state index contributed by atoms with van der Waals surface area (Å²) in [4.78, 5) is 11.3. The van der Waals surface area contributed by atoms with Gasteiger partial charge in [-0.15, -0.1) is 0 Å². The highest BCUT2D eigenvalue weighted by Crippen LogP contribution is 2.66. The predicted octanol–water partition coefficient (Wildman–Crippen LogP) is 0.994. The Bertz CT molecular complexity index is 355. The first-order valence-corrected chi connectivity index (χ1v) is 6.62. The minimum atomic E-state index is -0.996. The molecule has 0 aromatic rings. The number of aliphatic hydroxyl groups excluding tert-OH is 1. The number of hydrogen-bond donors (Lipinski definition) is 2. The van der Waals surface area contributed by atoms with Crippen molar-refractivity contribution in [2.45, 2.75) is 62.8 Å². The Kier molecular flexibility index (Phi) is 2.33. The molecule has 2 N–H and O–H groups in total. The van der Waals surface area contributed by atoms with Gasteiger partial charge in [0, 0.05) is 18.8 Å². The van der Waals surface area contributed by atoms with Crippen molar-refractivity contribution in [2.75, 3.05) is 0 Å². The fourth-order valence-electron chi connectivity index (χ4n) is 4.73. The van der Waals surface area contributed by atoms with E-state index in [-0.39, 0.29) is 17.8 Å². The van der Waals surface area contributed by atoms with E-state index in [1.54, 1.807) is 0 Å². The van der Waals surface area contributed by atoms with E-state index in [9.17, 15) is 15.0 Å². The van der Waals surface area contributed by atoms with Crippen molar-refractivity contribution >= 4 is 5.97 Å². The van der Waals surface area contributed by atoms with Gasteiger partial charge in [0.25, 0.3) is 0 Å². The van der Waals surface area contributed by atoms with E-state index >= 15 is 0 Å². The van der Waals surface area contributed by atoms with Gasteiger partial charge in [0.15, 0.2) is 0 Å². The van der Waals surface area contributed by atoms with Gasteiger partial charge in [-0.3, -0.25) is 4.79 Å². The molecule has 0 heterocycles. The minimum Gasteiger partial charge on any atom is -0.458 e. The molecule has 3 rings (SSSR count). The third-order valence-corrected chi connectivity index (χ3v) is 5.19. The third-order valence-electron chi connectivity index (χ3n) is 5.19. The number of ether oxygens (including phenoxy) is 1. The molecule has 3 saturated carbocycles. The molecule has 96 valence electrons. The quantitative estimate of drug-likeness (QED) is 0.671. The number of carbonyl (C=O) groups is 1. The lowest BCUT2D eigenvalue weighted by atomic mass is 9.46. The van der Waals surface area contributed by atoms with E-state index in [0.29, 0.717) is 6.42 Å². The standard InChI is InChI=1S/C13H20O4/c1-8(14)17-12-7-3-5-10(12)13(16)9(12)4-2-6-11(13)15/h9-11,15-16H,2-7H2,1H3/t9-,10-,11+,12-,13-/m1/s1. The summed E-state index contributed by atoms with van der Waals surface area (Å²) in [6.45, 7) is 1.43. The molecular weight excluding hydrogens is 220 g/mol. The van der Waals surface area contributed by atoms with Crippen LogP contribution in [0, 0.1) is 11.8 Å². The molecule has 4 nitrogen and oxygen atoms in total. The maximum Gasteiger partial charge on any atom is 0.303 e. The fraction of sp³-hybridized carbons (Fsp3) is 0.923. The van der Waals surface area contributed by atoms with E-state index < -0.39 is 17.3 Å². The lowest BCUT2D eigenvalue weighted by Crippen LogP contribution is -2.78. The normalized spacial score (nSPS) is 52.3. The topological polar surface area (TPSA) is 66.8 Å². The Morgan fingerprint density at radius 2 is 1.88 bits per heavy atom. The van der Waals surface area contributed by atoms with Crippen LogP contribution < -0.4 is 0 Å². The summed E-state index contributed by atoms with van der Waals surface area (Å²) in [6, 6.07) is 0. The molecule has 0 amide bonds. The average Bonchev–Trinajstić information content (AvgIpc) is 2.62. The highest BCUT2D eigenvalue weighted by atomic mass is 16.6. The van der Waals surface area contributed by atoms with Crippen LogP contribution in [0.2, 0.25) is 0 Å². The van der Waals surface area contributed by atoms with E-state index in [0.717, 1.165) is 32.1 Å². The molecule has 0 saturated heterocycles. The van der Waals surface area contributed by atoms with Crippen molar-refractivity contribution in [3.05, 3.63) is 0 Å². The van der Waals surface area contributed by atoms with Crippen LogP contribution in [0.25, 0.3) is 0 Å². The number of aliphatic hydroxyl groups is 2. The maximum absolute atomic E-state index is 11.3. The number of carbonyl (C=O) groups excluding carboxylic acids is 1. The molecule has 0 radical (unpaired) electrons. The molecule has 5 atom stereocenters. The van der Waals surface area contributed by atoms with Crippen molar-refractivity contribution in [1.82, 2.24) is 0 Å². The zero-order valence-electron chi connectivity index (χ0n) is 10.2. The maximum atomic E-state index is 11.3. The Morgan fingerprint density at radius 1 is 1.24 bits per heavy atom. The van der Waals surface area contributed by atoms with Crippen molar-refractivity contribution in [3.8, 4) is 0 Å². The largest absolute Gasteiger partial charge is 0.458 e. The predicted molar refractivity (Wildman–Crippen MR) is 60.1 cm³/mol. The molecule has 0 bridgehead atoms. The molecule has 0 aromatic heterocycles. The summed E-state index contributed by atoms with van der Waals surface area (Å²) in [7, 11) is 0. The van der Waals surface area contributed by atoms with Gasteiger partial charge in [-0.25, -0.2) is 0 Å². The summed E-state index contributed by atoms with van der Waals surface area (Å²) < 4.78 is 5.57. The van der Waals surface area contributed by atoms with Gasteiger partial charge in [0.05, 0.1) is 6.10 Å². The van der Waals surface area contributed by atoms with Crippen molar-refractivity contribution < 1.29 is 19.7 Å². The van der Waals surface area contributed by atoms with Crippen LogP contribution in [0.4, 0.5) is 0 Å². The second-order valence-electron chi connectivity index (χ2n) is 5.88. The Labute approximate surface area is 101 Å². The lowest BCUT2D eigenvalue weighted by Gasteiger charge is -2.66. The molecule has 0 aliphatic heterocycles. The molecule has 0 unspecified atom stereocenters. The van der Waals surface area contributed by atoms with Crippen LogP contribution in [-0.4, -0.2) is 33.5 Å². The van der Waals surface area contributed by atoms with Crippen LogP contribution in [0.3, 0.4) is 0 Å². The lowest BCUT2D eigenvalue weighted by molar-refractivity contribution is -0.325. The van der Waals surface area contributed by atoms with E-state index in [4.69, 9.17) is 4.74 Å². The van der Waals surface area contributed by atoms with Crippen LogP contribution in [0.1, 0.15) is 45.4 Å².